The number of hydrogen-bond acceptors (Lipinski definition) is 4. The molecule has 1 aliphatic carbocycles. The van der Waals surface area contributed by atoms with Crippen molar-refractivity contribution >= 4 is 5.97 Å². The first-order valence-electron chi connectivity index (χ1n) is 6.22. The Morgan fingerprint density at radius 1 is 1.35 bits per heavy atom. The zero-order chi connectivity index (χ0) is 12.1. The second-order valence-corrected chi connectivity index (χ2v) is 4.69. The molecule has 2 rings (SSSR count). The van der Waals surface area contributed by atoms with Crippen molar-refractivity contribution in [2.24, 2.45) is 5.92 Å². The molecule has 0 radical (unpaired) electrons. The molecule has 6 nitrogen and oxygen atoms in total. The Morgan fingerprint density at radius 3 is 2.82 bits per heavy atom. The van der Waals surface area contributed by atoms with Gasteiger partial charge >= 0.3 is 5.97 Å². The highest BCUT2D eigenvalue weighted by Gasteiger charge is 2.16. The Morgan fingerprint density at radius 2 is 2.12 bits per heavy atom. The van der Waals surface area contributed by atoms with Crippen molar-refractivity contribution in [2.45, 2.75) is 51.5 Å². The highest BCUT2D eigenvalue weighted by molar-refractivity contribution is 5.66. The fourth-order valence-corrected chi connectivity index (χ4v) is 2.46. The third-order valence-corrected chi connectivity index (χ3v) is 3.39. The van der Waals surface area contributed by atoms with Crippen molar-refractivity contribution in [3.63, 3.8) is 0 Å². The van der Waals surface area contributed by atoms with Crippen LogP contribution in [0.2, 0.25) is 0 Å². The van der Waals surface area contributed by atoms with E-state index in [0.717, 1.165) is 18.8 Å². The maximum absolute atomic E-state index is 10.6. The summed E-state index contributed by atoms with van der Waals surface area (Å²) in [7, 11) is 0. The maximum Gasteiger partial charge on any atom is 0.325 e. The molecule has 1 aromatic heterocycles. The van der Waals surface area contributed by atoms with Crippen molar-refractivity contribution < 1.29 is 9.90 Å². The number of hydrogen-bond donors (Lipinski definition) is 1. The van der Waals surface area contributed by atoms with E-state index >= 15 is 0 Å². The second-order valence-electron chi connectivity index (χ2n) is 4.69. The molecule has 0 aliphatic heterocycles. The van der Waals surface area contributed by atoms with Crippen molar-refractivity contribution in [2.75, 3.05) is 0 Å². The van der Waals surface area contributed by atoms with Gasteiger partial charge in [0.25, 0.3) is 0 Å². The lowest BCUT2D eigenvalue weighted by molar-refractivity contribution is -0.138. The Labute approximate surface area is 100 Å². The number of aromatic nitrogens is 4. The van der Waals surface area contributed by atoms with Gasteiger partial charge in [0.1, 0.15) is 6.54 Å². The summed E-state index contributed by atoms with van der Waals surface area (Å²) in [6.07, 6.45) is 8.44. The topological polar surface area (TPSA) is 80.9 Å². The van der Waals surface area contributed by atoms with Gasteiger partial charge in [-0.15, -0.1) is 5.10 Å². The molecule has 1 heterocycles. The first-order valence-corrected chi connectivity index (χ1v) is 6.22. The van der Waals surface area contributed by atoms with Crippen LogP contribution in [0.15, 0.2) is 0 Å². The van der Waals surface area contributed by atoms with Crippen LogP contribution in [0, 0.1) is 5.92 Å². The molecule has 1 saturated carbocycles. The number of tetrazole rings is 1. The van der Waals surface area contributed by atoms with Crippen molar-refractivity contribution in [1.29, 1.82) is 0 Å². The number of carbonyl (C=O) groups is 1. The number of aliphatic carboxylic acids is 1. The minimum atomic E-state index is -0.906. The van der Waals surface area contributed by atoms with Crippen molar-refractivity contribution in [3.8, 4) is 0 Å². The molecule has 0 unspecified atom stereocenters. The Balaban J connectivity index is 1.85. The molecule has 1 fully saturated rings. The van der Waals surface area contributed by atoms with Crippen molar-refractivity contribution in [1.82, 2.24) is 20.2 Å². The van der Waals surface area contributed by atoms with Crippen LogP contribution >= 0.6 is 0 Å². The molecule has 0 saturated heterocycles. The molecule has 1 N–H and O–H groups in total. The van der Waals surface area contributed by atoms with E-state index in [2.05, 4.69) is 15.5 Å². The van der Waals surface area contributed by atoms with E-state index in [1.54, 1.807) is 0 Å². The lowest BCUT2D eigenvalue weighted by Gasteiger charge is -2.20. The summed E-state index contributed by atoms with van der Waals surface area (Å²) in [5.41, 5.74) is 0. The Bertz CT molecular complexity index is 371. The molecule has 94 valence electrons. The fraction of sp³-hybridized carbons (Fsp3) is 0.818. The van der Waals surface area contributed by atoms with Crippen LogP contribution in [0.4, 0.5) is 0 Å². The summed E-state index contributed by atoms with van der Waals surface area (Å²) >= 11 is 0. The zero-order valence-corrected chi connectivity index (χ0v) is 9.88. The third kappa shape index (κ3) is 3.51. The van der Waals surface area contributed by atoms with E-state index in [9.17, 15) is 4.79 Å². The molecule has 1 aromatic rings. The zero-order valence-electron chi connectivity index (χ0n) is 9.88. The van der Waals surface area contributed by atoms with Gasteiger partial charge in [0, 0.05) is 6.42 Å². The van der Waals surface area contributed by atoms with Gasteiger partial charge in [-0.1, -0.05) is 32.1 Å². The summed E-state index contributed by atoms with van der Waals surface area (Å²) in [4.78, 5) is 10.6. The molecule has 0 bridgehead atoms. The molecule has 0 spiro atoms. The largest absolute Gasteiger partial charge is 0.480 e. The number of carboxylic acid groups (broad SMARTS) is 1. The van der Waals surface area contributed by atoms with Gasteiger partial charge < -0.3 is 5.11 Å². The van der Waals surface area contributed by atoms with E-state index in [1.165, 1.54) is 36.8 Å². The van der Waals surface area contributed by atoms with Crippen molar-refractivity contribution in [3.05, 3.63) is 5.82 Å². The van der Waals surface area contributed by atoms with E-state index in [4.69, 9.17) is 5.11 Å². The SMILES string of the molecule is O=C(O)Cn1nnnc1CCC1CCCCC1. The monoisotopic (exact) mass is 238 g/mol. The highest BCUT2D eigenvalue weighted by Crippen LogP contribution is 2.27. The minimum absolute atomic E-state index is 0.146. The van der Waals surface area contributed by atoms with E-state index < -0.39 is 5.97 Å². The molecule has 0 aromatic carbocycles. The highest BCUT2D eigenvalue weighted by atomic mass is 16.4. The molecule has 1 aliphatic rings. The van der Waals surface area contributed by atoms with Crippen LogP contribution in [0.25, 0.3) is 0 Å². The summed E-state index contributed by atoms with van der Waals surface area (Å²) in [5, 5.41) is 19.8. The van der Waals surface area contributed by atoms with Gasteiger partial charge in [0.05, 0.1) is 0 Å². The summed E-state index contributed by atoms with van der Waals surface area (Å²) in [6, 6.07) is 0. The van der Waals surface area contributed by atoms with Gasteiger partial charge in [-0.25, -0.2) is 4.68 Å². The summed E-state index contributed by atoms with van der Waals surface area (Å²) in [5.74, 6) is 0.549. The third-order valence-electron chi connectivity index (χ3n) is 3.39. The lowest BCUT2D eigenvalue weighted by Crippen LogP contribution is -2.15. The van der Waals surface area contributed by atoms with E-state index in [1.807, 2.05) is 0 Å². The first-order chi connectivity index (χ1) is 8.25. The van der Waals surface area contributed by atoms with E-state index in [0.29, 0.717) is 5.82 Å². The van der Waals surface area contributed by atoms with Crippen LogP contribution in [-0.4, -0.2) is 31.3 Å². The average molecular weight is 238 g/mol. The first kappa shape index (κ1) is 12.0. The van der Waals surface area contributed by atoms with Crippen LogP contribution < -0.4 is 0 Å². The van der Waals surface area contributed by atoms with Gasteiger partial charge in [-0.05, 0) is 22.8 Å². The normalized spacial score (nSPS) is 17.2. The van der Waals surface area contributed by atoms with Crippen LogP contribution in [-0.2, 0) is 17.8 Å². The van der Waals surface area contributed by atoms with Crippen LogP contribution in [0.1, 0.15) is 44.3 Å². The maximum atomic E-state index is 10.6. The quantitative estimate of drug-likeness (QED) is 0.835. The van der Waals surface area contributed by atoms with Gasteiger partial charge in [0.2, 0.25) is 0 Å². The lowest BCUT2D eigenvalue weighted by atomic mass is 9.86. The smallest absolute Gasteiger partial charge is 0.325 e. The Kier molecular flexibility index (Phi) is 4.06. The number of aryl methyl sites for hydroxylation is 1. The number of rotatable bonds is 5. The fourth-order valence-electron chi connectivity index (χ4n) is 2.46. The standard InChI is InChI=1S/C11H18N4O2/c16-11(17)8-15-10(12-13-14-15)7-6-9-4-2-1-3-5-9/h9H,1-8H2,(H,16,17). The van der Waals surface area contributed by atoms with Crippen LogP contribution in [0.3, 0.4) is 0 Å². The van der Waals surface area contributed by atoms with Gasteiger partial charge in [0.15, 0.2) is 5.82 Å². The minimum Gasteiger partial charge on any atom is -0.480 e. The predicted octanol–water partition coefficient (Wildman–Crippen LogP) is 1.27. The molecular weight excluding hydrogens is 220 g/mol. The Hall–Kier alpha value is -1.46. The summed E-state index contributed by atoms with van der Waals surface area (Å²) in [6.45, 7) is -0.146. The number of carboxylic acids is 1. The molecule has 6 heteroatoms. The summed E-state index contributed by atoms with van der Waals surface area (Å²) < 4.78 is 1.38. The molecular formula is C11H18N4O2. The van der Waals surface area contributed by atoms with Crippen LogP contribution in [0.5, 0.6) is 0 Å². The second kappa shape index (κ2) is 5.75. The molecule has 0 amide bonds. The molecule has 0 atom stereocenters. The number of nitrogens with zero attached hydrogens (tertiary/aromatic N) is 4. The average Bonchev–Trinajstić information content (AvgIpc) is 2.74. The van der Waals surface area contributed by atoms with Gasteiger partial charge in [-0.3, -0.25) is 4.79 Å². The van der Waals surface area contributed by atoms with E-state index in [-0.39, 0.29) is 6.54 Å². The predicted molar refractivity (Wildman–Crippen MR) is 60.3 cm³/mol. The molecule has 17 heavy (non-hydrogen) atoms. The van der Waals surface area contributed by atoms with Gasteiger partial charge in [-0.2, -0.15) is 0 Å².